The number of rotatable bonds is 8. The highest BCUT2D eigenvalue weighted by Gasteiger charge is 2.28. The smallest absolute Gasteiger partial charge is 0.0953 e. The lowest BCUT2D eigenvalue weighted by atomic mass is 10.1. The highest BCUT2D eigenvalue weighted by atomic mass is 15.4. The first kappa shape index (κ1) is 24.3. The van der Waals surface area contributed by atoms with Crippen LogP contribution in [0.15, 0.2) is 133 Å². The van der Waals surface area contributed by atoms with Crippen LogP contribution in [0.1, 0.15) is 12.8 Å². The number of para-hydroxylation sites is 5. The number of benzene rings is 5. The van der Waals surface area contributed by atoms with Gasteiger partial charge in [0.05, 0.1) is 36.1 Å². The maximum absolute atomic E-state index is 2.54. The number of nitrogens with zero attached hydrogens (tertiary/aromatic N) is 4. The topological polar surface area (TPSA) is 13.0 Å². The van der Waals surface area contributed by atoms with Gasteiger partial charge in [-0.25, -0.2) is 0 Å². The van der Waals surface area contributed by atoms with Crippen LogP contribution < -0.4 is 19.6 Å². The van der Waals surface area contributed by atoms with Gasteiger partial charge in [0, 0.05) is 24.5 Å². The van der Waals surface area contributed by atoms with Crippen LogP contribution in [0.25, 0.3) is 11.1 Å². The van der Waals surface area contributed by atoms with E-state index in [2.05, 4.69) is 153 Å². The summed E-state index contributed by atoms with van der Waals surface area (Å²) in [6.45, 7) is 3.90. The van der Waals surface area contributed by atoms with Gasteiger partial charge in [0.25, 0.3) is 0 Å². The van der Waals surface area contributed by atoms with Crippen molar-refractivity contribution in [2.45, 2.75) is 12.8 Å². The van der Waals surface area contributed by atoms with Crippen molar-refractivity contribution >= 4 is 34.1 Å². The van der Waals surface area contributed by atoms with E-state index < -0.39 is 0 Å². The molecule has 0 aliphatic carbocycles. The van der Waals surface area contributed by atoms with Crippen LogP contribution in [0.4, 0.5) is 34.1 Å². The molecule has 0 bridgehead atoms. The molecule has 0 fully saturated rings. The van der Waals surface area contributed by atoms with Crippen molar-refractivity contribution < 1.29 is 0 Å². The minimum Gasteiger partial charge on any atom is -0.352 e. The van der Waals surface area contributed by atoms with Crippen LogP contribution in [0.2, 0.25) is 0 Å². The van der Waals surface area contributed by atoms with Crippen LogP contribution in [0, 0.1) is 0 Å². The van der Waals surface area contributed by atoms with Gasteiger partial charge in [0.15, 0.2) is 0 Å². The largest absolute Gasteiger partial charge is 0.352 e. The SMILES string of the molecule is c1ccc(-c2ccc(N3CN(CCCCN4CN(c5ccccc5)c5ccccc54)c4ccccc43)cc2)cc1. The Hall–Kier alpha value is -4.70. The molecular formula is C36H34N4. The van der Waals surface area contributed by atoms with Gasteiger partial charge in [0.2, 0.25) is 0 Å². The number of hydrogen-bond donors (Lipinski definition) is 0. The van der Waals surface area contributed by atoms with E-state index in [0.717, 1.165) is 39.3 Å². The van der Waals surface area contributed by atoms with Crippen molar-refractivity contribution in [3.05, 3.63) is 133 Å². The first-order valence-corrected chi connectivity index (χ1v) is 14.3. The van der Waals surface area contributed by atoms with Gasteiger partial charge in [-0.15, -0.1) is 0 Å². The van der Waals surface area contributed by atoms with E-state index in [1.165, 1.54) is 45.3 Å². The molecule has 0 N–H and O–H groups in total. The highest BCUT2D eigenvalue weighted by molar-refractivity contribution is 5.83. The van der Waals surface area contributed by atoms with Crippen LogP contribution in [-0.2, 0) is 0 Å². The second-order valence-electron chi connectivity index (χ2n) is 10.6. The first-order chi connectivity index (χ1) is 19.8. The quantitative estimate of drug-likeness (QED) is 0.189. The van der Waals surface area contributed by atoms with Crippen molar-refractivity contribution in [1.82, 2.24) is 0 Å². The molecular weight excluding hydrogens is 488 g/mol. The molecule has 2 aliphatic rings. The Bertz CT molecular complexity index is 1570. The van der Waals surface area contributed by atoms with E-state index >= 15 is 0 Å². The third-order valence-electron chi connectivity index (χ3n) is 8.11. The van der Waals surface area contributed by atoms with Crippen molar-refractivity contribution in [3.8, 4) is 11.1 Å². The fourth-order valence-electron chi connectivity index (χ4n) is 6.07. The molecule has 4 heteroatoms. The lowest BCUT2D eigenvalue weighted by Crippen LogP contribution is -2.31. The molecule has 198 valence electrons. The average Bonchev–Trinajstić information content (AvgIpc) is 3.59. The van der Waals surface area contributed by atoms with Gasteiger partial charge in [-0.05, 0) is 72.5 Å². The minimum absolute atomic E-state index is 0.887. The van der Waals surface area contributed by atoms with Gasteiger partial charge in [-0.3, -0.25) is 0 Å². The molecule has 2 heterocycles. The van der Waals surface area contributed by atoms with Gasteiger partial charge >= 0.3 is 0 Å². The number of unbranched alkanes of at least 4 members (excludes halogenated alkanes) is 1. The van der Waals surface area contributed by atoms with Crippen molar-refractivity contribution in [3.63, 3.8) is 0 Å². The third kappa shape index (κ3) is 4.66. The highest BCUT2D eigenvalue weighted by Crippen LogP contribution is 2.42. The summed E-state index contributed by atoms with van der Waals surface area (Å²) in [5, 5.41) is 0. The summed E-state index contributed by atoms with van der Waals surface area (Å²) in [6.07, 6.45) is 2.31. The fraction of sp³-hybridized carbons (Fsp3) is 0.167. The van der Waals surface area contributed by atoms with Crippen molar-refractivity contribution in [1.29, 1.82) is 0 Å². The minimum atomic E-state index is 0.887. The molecule has 0 saturated carbocycles. The Morgan fingerprint density at radius 3 is 1.30 bits per heavy atom. The van der Waals surface area contributed by atoms with Crippen LogP contribution in [0.5, 0.6) is 0 Å². The zero-order chi connectivity index (χ0) is 26.7. The van der Waals surface area contributed by atoms with Crippen LogP contribution >= 0.6 is 0 Å². The summed E-state index contributed by atoms with van der Waals surface area (Å²) in [5.74, 6) is 0. The maximum Gasteiger partial charge on any atom is 0.0953 e. The van der Waals surface area contributed by atoms with E-state index in [-0.39, 0.29) is 0 Å². The predicted molar refractivity (Wildman–Crippen MR) is 169 cm³/mol. The van der Waals surface area contributed by atoms with Gasteiger partial charge in [-0.2, -0.15) is 0 Å². The van der Waals surface area contributed by atoms with Gasteiger partial charge in [0.1, 0.15) is 0 Å². The lowest BCUT2D eigenvalue weighted by molar-refractivity contribution is 0.678. The molecule has 0 spiro atoms. The van der Waals surface area contributed by atoms with E-state index in [0.29, 0.717) is 0 Å². The molecule has 5 aromatic rings. The average molecular weight is 523 g/mol. The van der Waals surface area contributed by atoms with Crippen LogP contribution in [0.3, 0.4) is 0 Å². The predicted octanol–water partition coefficient (Wildman–Crippen LogP) is 8.67. The summed E-state index contributed by atoms with van der Waals surface area (Å²) in [7, 11) is 0. The number of fused-ring (bicyclic) bond motifs is 2. The Labute approximate surface area is 237 Å². The van der Waals surface area contributed by atoms with E-state index in [9.17, 15) is 0 Å². The Morgan fingerprint density at radius 1 is 0.375 bits per heavy atom. The normalized spacial score (nSPS) is 14.0. The Balaban J connectivity index is 1.00. The van der Waals surface area contributed by atoms with Gasteiger partial charge < -0.3 is 19.6 Å². The molecule has 0 radical (unpaired) electrons. The molecule has 0 saturated heterocycles. The zero-order valence-electron chi connectivity index (χ0n) is 22.7. The Kier molecular flexibility index (Phi) is 6.58. The fourth-order valence-corrected chi connectivity index (χ4v) is 6.07. The molecule has 40 heavy (non-hydrogen) atoms. The standard InChI is InChI=1S/C36H34N4/c1-3-13-29(14-4-1)30-21-23-32(24-22-30)40-28-38(34-18-8-10-20-36(34)40)26-12-11-25-37-27-39(31-15-5-2-6-16-31)35-19-9-7-17-33(35)37/h1-10,13-24H,11-12,25-28H2. The van der Waals surface area contributed by atoms with Crippen molar-refractivity contribution in [2.75, 3.05) is 46.0 Å². The molecule has 2 aliphatic heterocycles. The summed E-state index contributed by atoms with van der Waals surface area (Å²) < 4.78 is 0. The van der Waals surface area contributed by atoms with Gasteiger partial charge in [-0.1, -0.05) is 84.9 Å². The summed E-state index contributed by atoms with van der Waals surface area (Å²) in [6, 6.07) is 47.9. The second kappa shape index (κ2) is 10.8. The van der Waals surface area contributed by atoms with Crippen LogP contribution in [-0.4, -0.2) is 26.4 Å². The number of hydrogen-bond acceptors (Lipinski definition) is 4. The molecule has 0 amide bonds. The molecule has 4 nitrogen and oxygen atoms in total. The molecule has 0 atom stereocenters. The lowest BCUT2D eigenvalue weighted by Gasteiger charge is -2.24. The molecule has 5 aromatic carbocycles. The molecule has 0 aromatic heterocycles. The Morgan fingerprint density at radius 2 is 0.775 bits per heavy atom. The monoisotopic (exact) mass is 522 g/mol. The van der Waals surface area contributed by atoms with Crippen molar-refractivity contribution in [2.24, 2.45) is 0 Å². The molecule has 0 unspecified atom stereocenters. The summed E-state index contributed by atoms with van der Waals surface area (Å²) in [4.78, 5) is 9.93. The van der Waals surface area contributed by atoms with E-state index in [1.54, 1.807) is 0 Å². The second-order valence-corrected chi connectivity index (χ2v) is 10.6. The first-order valence-electron chi connectivity index (χ1n) is 14.3. The van der Waals surface area contributed by atoms with E-state index in [4.69, 9.17) is 0 Å². The molecule has 7 rings (SSSR count). The van der Waals surface area contributed by atoms with E-state index in [1.807, 2.05) is 0 Å². The summed E-state index contributed by atoms with van der Waals surface area (Å²) in [5.41, 5.74) is 10.3. The summed E-state index contributed by atoms with van der Waals surface area (Å²) >= 11 is 0. The third-order valence-corrected chi connectivity index (χ3v) is 8.11. The zero-order valence-corrected chi connectivity index (χ0v) is 22.7. The maximum atomic E-state index is 2.54. The number of anilines is 6.